The number of aryl methyl sites for hydroxylation is 2. The fourth-order valence-corrected chi connectivity index (χ4v) is 4.45. The van der Waals surface area contributed by atoms with Crippen LogP contribution in [0.15, 0.2) is 42.5 Å². The Balaban J connectivity index is 1.27. The Morgan fingerprint density at radius 3 is 2.52 bits per heavy atom. The molecule has 154 valence electrons. The van der Waals surface area contributed by atoms with Gasteiger partial charge in [-0.3, -0.25) is 9.69 Å². The normalized spacial score (nSPS) is 18.2. The van der Waals surface area contributed by atoms with Crippen molar-refractivity contribution in [2.45, 2.75) is 38.6 Å². The quantitative estimate of drug-likeness (QED) is 0.838. The van der Waals surface area contributed by atoms with E-state index in [-0.39, 0.29) is 17.8 Å². The van der Waals surface area contributed by atoms with E-state index >= 15 is 0 Å². The Kier molecular flexibility index (Phi) is 6.14. The lowest BCUT2D eigenvalue weighted by Gasteiger charge is -2.36. The van der Waals surface area contributed by atoms with Gasteiger partial charge in [0.05, 0.1) is 18.3 Å². The Morgan fingerprint density at radius 2 is 1.76 bits per heavy atom. The number of carbonyl (C=O) groups is 1. The summed E-state index contributed by atoms with van der Waals surface area (Å²) < 4.78 is 14.0. The van der Waals surface area contributed by atoms with Crippen LogP contribution in [0.25, 0.3) is 0 Å². The second-order valence-electron chi connectivity index (χ2n) is 8.24. The highest BCUT2D eigenvalue weighted by atomic mass is 19.1. The molecule has 0 radical (unpaired) electrons. The van der Waals surface area contributed by atoms with Gasteiger partial charge in [0.25, 0.3) is 0 Å². The minimum absolute atomic E-state index is 0.00873. The number of hydrogen-bond acceptors (Lipinski definition) is 3. The van der Waals surface area contributed by atoms with Crippen LogP contribution in [0.4, 0.5) is 10.1 Å². The van der Waals surface area contributed by atoms with Gasteiger partial charge in [0, 0.05) is 26.2 Å². The van der Waals surface area contributed by atoms with Gasteiger partial charge in [-0.2, -0.15) is 0 Å². The maximum atomic E-state index is 14.0. The molecular formula is C24H30FN3O. The first-order valence-corrected chi connectivity index (χ1v) is 10.7. The Bertz CT molecular complexity index is 861. The van der Waals surface area contributed by atoms with Crippen molar-refractivity contribution < 1.29 is 9.18 Å². The van der Waals surface area contributed by atoms with Gasteiger partial charge in [-0.1, -0.05) is 30.3 Å². The number of hydrogen-bond donors (Lipinski definition) is 1. The number of anilines is 1. The zero-order valence-electron chi connectivity index (χ0n) is 17.2. The van der Waals surface area contributed by atoms with Crippen molar-refractivity contribution in [3.63, 3.8) is 0 Å². The molecule has 1 aliphatic heterocycles. The summed E-state index contributed by atoms with van der Waals surface area (Å²) >= 11 is 0. The molecule has 4 rings (SSSR count). The van der Waals surface area contributed by atoms with E-state index < -0.39 is 0 Å². The van der Waals surface area contributed by atoms with Gasteiger partial charge in [0.15, 0.2) is 0 Å². The van der Waals surface area contributed by atoms with Crippen LogP contribution in [0.5, 0.6) is 0 Å². The van der Waals surface area contributed by atoms with Gasteiger partial charge in [-0.25, -0.2) is 4.39 Å². The number of amides is 1. The van der Waals surface area contributed by atoms with E-state index in [0.717, 1.165) is 32.6 Å². The standard InChI is InChI=1S/C24H30FN3O/c1-18(20-11-10-19-6-2-3-7-21(19)16-20)26-24(29)17-27-12-14-28(15-13-27)23-9-5-4-8-22(23)25/h4-5,8-11,16,18H,2-3,6-7,12-15,17H2,1H3,(H,26,29). The first kappa shape index (κ1) is 19.9. The molecule has 1 unspecified atom stereocenters. The number of benzene rings is 2. The smallest absolute Gasteiger partial charge is 0.234 e. The molecule has 2 aromatic carbocycles. The number of carbonyl (C=O) groups excluding carboxylic acids is 1. The van der Waals surface area contributed by atoms with Crippen LogP contribution in [0, 0.1) is 5.82 Å². The second-order valence-corrected chi connectivity index (χ2v) is 8.24. The largest absolute Gasteiger partial charge is 0.367 e. The third kappa shape index (κ3) is 4.78. The number of fused-ring (bicyclic) bond motifs is 1. The lowest BCUT2D eigenvalue weighted by molar-refractivity contribution is -0.123. The monoisotopic (exact) mass is 395 g/mol. The number of para-hydroxylation sites is 1. The van der Waals surface area contributed by atoms with Crippen LogP contribution in [0.3, 0.4) is 0 Å². The molecule has 1 saturated heterocycles. The minimum atomic E-state index is -0.183. The molecule has 1 atom stereocenters. The SMILES string of the molecule is CC(NC(=O)CN1CCN(c2ccccc2F)CC1)c1ccc2c(c1)CCCC2. The lowest BCUT2D eigenvalue weighted by atomic mass is 9.89. The van der Waals surface area contributed by atoms with Crippen LogP contribution in [0.1, 0.15) is 42.5 Å². The summed E-state index contributed by atoms with van der Waals surface area (Å²) in [5.74, 6) is -0.132. The Morgan fingerprint density at radius 1 is 1.03 bits per heavy atom. The first-order valence-electron chi connectivity index (χ1n) is 10.7. The van der Waals surface area contributed by atoms with E-state index in [1.54, 1.807) is 6.07 Å². The van der Waals surface area contributed by atoms with E-state index in [0.29, 0.717) is 12.2 Å². The topological polar surface area (TPSA) is 35.6 Å². The van der Waals surface area contributed by atoms with Crippen molar-refractivity contribution in [2.75, 3.05) is 37.6 Å². The summed E-state index contributed by atoms with van der Waals surface area (Å²) in [4.78, 5) is 16.8. The zero-order valence-corrected chi connectivity index (χ0v) is 17.2. The van der Waals surface area contributed by atoms with Gasteiger partial charge in [-0.05, 0) is 61.4 Å². The van der Waals surface area contributed by atoms with Crippen LogP contribution in [-0.4, -0.2) is 43.5 Å². The molecule has 0 aromatic heterocycles. The van der Waals surface area contributed by atoms with Crippen LogP contribution >= 0.6 is 0 Å². The van der Waals surface area contributed by atoms with E-state index in [9.17, 15) is 9.18 Å². The highest BCUT2D eigenvalue weighted by Crippen LogP contribution is 2.25. The molecule has 0 saturated carbocycles. The third-order valence-corrected chi connectivity index (χ3v) is 6.18. The Labute approximate surface area is 172 Å². The fourth-order valence-electron chi connectivity index (χ4n) is 4.45. The predicted octanol–water partition coefficient (Wildman–Crippen LogP) is 3.70. The van der Waals surface area contributed by atoms with Crippen molar-refractivity contribution in [3.8, 4) is 0 Å². The average Bonchev–Trinajstić information content (AvgIpc) is 2.74. The summed E-state index contributed by atoms with van der Waals surface area (Å²) in [5.41, 5.74) is 4.74. The molecular weight excluding hydrogens is 365 g/mol. The summed E-state index contributed by atoms with van der Waals surface area (Å²) in [7, 11) is 0. The molecule has 1 N–H and O–H groups in total. The maximum Gasteiger partial charge on any atom is 0.234 e. The minimum Gasteiger partial charge on any atom is -0.367 e. The molecule has 1 amide bonds. The van der Waals surface area contributed by atoms with Crippen molar-refractivity contribution >= 4 is 11.6 Å². The van der Waals surface area contributed by atoms with Crippen molar-refractivity contribution in [1.82, 2.24) is 10.2 Å². The molecule has 1 aliphatic carbocycles. The second kappa shape index (κ2) is 8.95. The van der Waals surface area contributed by atoms with Crippen LogP contribution < -0.4 is 10.2 Å². The molecule has 0 bridgehead atoms. The average molecular weight is 396 g/mol. The number of halogens is 1. The predicted molar refractivity (Wildman–Crippen MR) is 115 cm³/mol. The van der Waals surface area contributed by atoms with Crippen LogP contribution in [0.2, 0.25) is 0 Å². The van der Waals surface area contributed by atoms with Gasteiger partial charge in [0.1, 0.15) is 5.82 Å². The van der Waals surface area contributed by atoms with Crippen molar-refractivity contribution in [2.24, 2.45) is 0 Å². The first-order chi connectivity index (χ1) is 14.1. The highest BCUT2D eigenvalue weighted by Gasteiger charge is 2.22. The summed E-state index contributed by atoms with van der Waals surface area (Å²) in [6.45, 7) is 5.42. The molecule has 0 spiro atoms. The third-order valence-electron chi connectivity index (χ3n) is 6.18. The molecule has 5 heteroatoms. The molecule has 1 heterocycles. The highest BCUT2D eigenvalue weighted by molar-refractivity contribution is 5.78. The van der Waals surface area contributed by atoms with Gasteiger partial charge in [-0.15, -0.1) is 0 Å². The van der Waals surface area contributed by atoms with E-state index in [2.05, 4.69) is 40.2 Å². The molecule has 2 aliphatic rings. The van der Waals surface area contributed by atoms with Gasteiger partial charge in [0.2, 0.25) is 5.91 Å². The molecule has 29 heavy (non-hydrogen) atoms. The summed E-state index contributed by atoms with van der Waals surface area (Å²) in [6, 6.07) is 13.6. The van der Waals surface area contributed by atoms with E-state index in [1.165, 1.54) is 42.0 Å². The molecule has 2 aromatic rings. The zero-order chi connectivity index (χ0) is 20.2. The van der Waals surface area contributed by atoms with Crippen molar-refractivity contribution in [1.29, 1.82) is 0 Å². The van der Waals surface area contributed by atoms with E-state index in [1.807, 2.05) is 12.1 Å². The number of nitrogens with zero attached hydrogens (tertiary/aromatic N) is 2. The number of piperazine rings is 1. The lowest BCUT2D eigenvalue weighted by Crippen LogP contribution is -2.49. The van der Waals surface area contributed by atoms with Gasteiger partial charge >= 0.3 is 0 Å². The van der Waals surface area contributed by atoms with Crippen LogP contribution in [-0.2, 0) is 17.6 Å². The molecule has 4 nitrogen and oxygen atoms in total. The Hall–Kier alpha value is -2.40. The summed E-state index contributed by atoms with van der Waals surface area (Å²) in [6.07, 6.45) is 4.87. The fraction of sp³-hybridized carbons (Fsp3) is 0.458. The maximum absolute atomic E-state index is 14.0. The molecule has 1 fully saturated rings. The number of rotatable bonds is 5. The van der Waals surface area contributed by atoms with E-state index in [4.69, 9.17) is 0 Å². The van der Waals surface area contributed by atoms with Gasteiger partial charge < -0.3 is 10.2 Å². The number of nitrogens with one attached hydrogen (secondary N) is 1. The van der Waals surface area contributed by atoms with Crippen molar-refractivity contribution in [3.05, 3.63) is 65.0 Å². The summed E-state index contributed by atoms with van der Waals surface area (Å²) in [5, 5.41) is 3.15.